The molecule has 6 N–H and O–H groups in total. The van der Waals surface area contributed by atoms with Gasteiger partial charge in [0.15, 0.2) is 6.29 Å². The lowest BCUT2D eigenvalue weighted by Crippen LogP contribution is -2.60. The molecule has 7 unspecified atom stereocenters. The maximum absolute atomic E-state index is 12.9. The number of allylic oxidation sites excluding steroid dienone is 10. The third-order valence-electron chi connectivity index (χ3n) is 10.9. The molecule has 0 radical (unpaired) electrons. The summed E-state index contributed by atoms with van der Waals surface area (Å²) in [4.78, 5) is 12.9. The molecule has 0 bridgehead atoms. The molecule has 1 saturated heterocycles. The van der Waals surface area contributed by atoms with Crippen molar-refractivity contribution in [2.24, 2.45) is 0 Å². The molecule has 58 heavy (non-hydrogen) atoms. The zero-order chi connectivity index (χ0) is 42.3. The molecule has 1 amide bonds. The highest BCUT2D eigenvalue weighted by Crippen LogP contribution is 2.23. The minimum atomic E-state index is -1.55. The highest BCUT2D eigenvalue weighted by Gasteiger charge is 2.44. The van der Waals surface area contributed by atoms with Crippen molar-refractivity contribution < 1.29 is 39.8 Å². The molecular weight excluding hydrogens is 731 g/mol. The summed E-state index contributed by atoms with van der Waals surface area (Å²) in [6.07, 6.45) is 43.9. The molecule has 0 saturated carbocycles. The van der Waals surface area contributed by atoms with Gasteiger partial charge in [0.25, 0.3) is 0 Å². The number of rotatable bonds is 38. The van der Waals surface area contributed by atoms with E-state index in [-0.39, 0.29) is 12.5 Å². The first kappa shape index (κ1) is 53.9. The lowest BCUT2D eigenvalue weighted by atomic mass is 9.99. The summed E-state index contributed by atoms with van der Waals surface area (Å²) in [5.74, 6) is -0.154. The molecule has 0 aromatic heterocycles. The number of unbranched alkanes of at least 4 members (excludes halogenated alkanes) is 18. The van der Waals surface area contributed by atoms with Gasteiger partial charge in [-0.2, -0.15) is 0 Å². The summed E-state index contributed by atoms with van der Waals surface area (Å²) in [6, 6.07) is -0.720. The molecular formula is C49H87NO8. The first-order valence-corrected chi connectivity index (χ1v) is 23.5. The molecule has 1 rings (SSSR count). The van der Waals surface area contributed by atoms with E-state index in [2.05, 4.69) is 79.9 Å². The summed E-state index contributed by atoms with van der Waals surface area (Å²) in [5.41, 5.74) is 0. The van der Waals surface area contributed by atoms with Crippen molar-refractivity contribution in [1.29, 1.82) is 0 Å². The van der Waals surface area contributed by atoms with Crippen LogP contribution in [0.15, 0.2) is 60.8 Å². The molecule has 1 aliphatic rings. The van der Waals surface area contributed by atoms with Gasteiger partial charge in [0, 0.05) is 6.42 Å². The summed E-state index contributed by atoms with van der Waals surface area (Å²) < 4.78 is 11.2. The van der Waals surface area contributed by atoms with Crippen LogP contribution in [0.2, 0.25) is 0 Å². The smallest absolute Gasteiger partial charge is 0.220 e. The molecule has 1 heterocycles. The minimum Gasteiger partial charge on any atom is -0.394 e. The molecule has 1 fully saturated rings. The first-order valence-electron chi connectivity index (χ1n) is 23.5. The van der Waals surface area contributed by atoms with Crippen LogP contribution < -0.4 is 5.32 Å². The second-order valence-electron chi connectivity index (χ2n) is 16.2. The molecule has 9 nitrogen and oxygen atoms in total. The lowest BCUT2D eigenvalue weighted by Gasteiger charge is -2.40. The maximum atomic E-state index is 12.9. The topological polar surface area (TPSA) is 149 Å². The van der Waals surface area contributed by atoms with Crippen molar-refractivity contribution in [3.8, 4) is 0 Å². The number of amides is 1. The largest absolute Gasteiger partial charge is 0.394 e. The molecule has 9 heteroatoms. The van der Waals surface area contributed by atoms with Gasteiger partial charge in [-0.05, 0) is 57.8 Å². The van der Waals surface area contributed by atoms with Gasteiger partial charge in [-0.1, -0.05) is 184 Å². The Bertz CT molecular complexity index is 1090. The van der Waals surface area contributed by atoms with E-state index in [4.69, 9.17) is 9.47 Å². The normalized spacial score (nSPS) is 21.4. The summed E-state index contributed by atoms with van der Waals surface area (Å²) in [6.45, 7) is 3.67. The van der Waals surface area contributed by atoms with Crippen LogP contribution in [-0.4, -0.2) is 87.5 Å². The van der Waals surface area contributed by atoms with Gasteiger partial charge in [0.05, 0.1) is 25.4 Å². The molecule has 0 aromatic rings. The van der Waals surface area contributed by atoms with Crippen molar-refractivity contribution in [3.05, 3.63) is 60.8 Å². The van der Waals surface area contributed by atoms with Crippen LogP contribution >= 0.6 is 0 Å². The van der Waals surface area contributed by atoms with Crippen LogP contribution in [0.25, 0.3) is 0 Å². The fourth-order valence-corrected chi connectivity index (χ4v) is 7.13. The number of aliphatic hydroxyl groups excluding tert-OH is 5. The molecule has 1 aliphatic heterocycles. The highest BCUT2D eigenvalue weighted by atomic mass is 16.7. The standard InChI is InChI=1S/C49H87NO8/c1-3-5-7-9-11-13-14-15-16-17-18-19-20-21-22-23-24-25-26-27-28-29-30-31-33-35-37-39-45(53)50-42(43(52)38-36-34-32-12-10-8-6-4-2)41-57-49-48(56)47(55)46(54)44(40-51)58-49/h5,7,11,13,15-16,18-19,21-22,42-44,46-49,51-52,54-56H,3-4,6,8-10,12,14,17,20,23-41H2,1-2H3,(H,50,53)/b7-5-,13-11-,16-15-,19-18-,22-21-. The first-order chi connectivity index (χ1) is 28.3. The van der Waals surface area contributed by atoms with E-state index < -0.39 is 49.5 Å². The number of carbonyl (C=O) groups excluding carboxylic acids is 1. The number of hydrogen-bond donors (Lipinski definition) is 6. The zero-order valence-electron chi connectivity index (χ0n) is 36.8. The van der Waals surface area contributed by atoms with Crippen LogP contribution in [0.4, 0.5) is 0 Å². The Morgan fingerprint density at radius 3 is 1.59 bits per heavy atom. The predicted molar refractivity (Wildman–Crippen MR) is 239 cm³/mol. The van der Waals surface area contributed by atoms with Crippen molar-refractivity contribution in [2.75, 3.05) is 13.2 Å². The van der Waals surface area contributed by atoms with E-state index in [1.54, 1.807) is 0 Å². The van der Waals surface area contributed by atoms with Crippen molar-refractivity contribution in [3.63, 3.8) is 0 Å². The van der Waals surface area contributed by atoms with Gasteiger partial charge >= 0.3 is 0 Å². The summed E-state index contributed by atoms with van der Waals surface area (Å²) in [5, 5.41) is 54.1. The average Bonchev–Trinajstić information content (AvgIpc) is 3.22. The Balaban J connectivity index is 2.18. The average molecular weight is 818 g/mol. The lowest BCUT2D eigenvalue weighted by molar-refractivity contribution is -0.302. The fourth-order valence-electron chi connectivity index (χ4n) is 7.13. The van der Waals surface area contributed by atoms with Crippen molar-refractivity contribution in [2.45, 2.75) is 230 Å². The van der Waals surface area contributed by atoms with E-state index in [0.29, 0.717) is 12.8 Å². The van der Waals surface area contributed by atoms with E-state index in [9.17, 15) is 30.3 Å². The number of carbonyl (C=O) groups is 1. The van der Waals surface area contributed by atoms with E-state index in [0.717, 1.165) is 70.6 Å². The number of nitrogens with one attached hydrogen (secondary N) is 1. The number of ether oxygens (including phenoxy) is 2. The van der Waals surface area contributed by atoms with E-state index in [1.807, 2.05) is 0 Å². The van der Waals surface area contributed by atoms with Gasteiger partial charge in [0.1, 0.15) is 24.4 Å². The third kappa shape index (κ3) is 29.2. The monoisotopic (exact) mass is 818 g/mol. The third-order valence-corrected chi connectivity index (χ3v) is 10.9. The van der Waals surface area contributed by atoms with Crippen LogP contribution in [0.3, 0.4) is 0 Å². The Morgan fingerprint density at radius 2 is 1.07 bits per heavy atom. The van der Waals surface area contributed by atoms with E-state index in [1.165, 1.54) is 89.9 Å². The van der Waals surface area contributed by atoms with Crippen LogP contribution in [0.1, 0.15) is 187 Å². The van der Waals surface area contributed by atoms with Crippen LogP contribution in [0, 0.1) is 0 Å². The predicted octanol–water partition coefficient (Wildman–Crippen LogP) is 10.0. The SMILES string of the molecule is CC/C=C\C/C=C\C/C=C\C/C=C\C/C=C\CCCCCCCCCCCCCC(=O)NC(COC1OC(CO)C(O)C(O)C1O)C(O)CCCCCCCCCC. The highest BCUT2D eigenvalue weighted by molar-refractivity contribution is 5.76. The Labute approximate surface area is 354 Å². The molecule has 0 aliphatic carbocycles. The fraction of sp³-hybridized carbons (Fsp3) is 0.776. The summed E-state index contributed by atoms with van der Waals surface area (Å²) >= 11 is 0. The Hall–Kier alpha value is -2.11. The van der Waals surface area contributed by atoms with E-state index >= 15 is 0 Å². The summed E-state index contributed by atoms with van der Waals surface area (Å²) in [7, 11) is 0. The minimum absolute atomic E-state index is 0.142. The van der Waals surface area contributed by atoms with Gasteiger partial charge in [-0.25, -0.2) is 0 Å². The van der Waals surface area contributed by atoms with Gasteiger partial charge in [0.2, 0.25) is 5.91 Å². The van der Waals surface area contributed by atoms with Crippen LogP contribution in [-0.2, 0) is 14.3 Å². The zero-order valence-corrected chi connectivity index (χ0v) is 36.8. The van der Waals surface area contributed by atoms with Crippen molar-refractivity contribution >= 4 is 5.91 Å². The molecule has 0 aromatic carbocycles. The number of hydrogen-bond acceptors (Lipinski definition) is 8. The maximum Gasteiger partial charge on any atom is 0.220 e. The Kier molecular flexibility index (Phi) is 36.3. The molecule has 0 spiro atoms. The molecule has 7 atom stereocenters. The second kappa shape index (κ2) is 39.1. The van der Waals surface area contributed by atoms with Gasteiger partial charge in [-0.3, -0.25) is 4.79 Å². The van der Waals surface area contributed by atoms with Crippen LogP contribution in [0.5, 0.6) is 0 Å². The molecule has 336 valence electrons. The quantitative estimate of drug-likeness (QED) is 0.0267. The van der Waals surface area contributed by atoms with Crippen molar-refractivity contribution in [1.82, 2.24) is 5.32 Å². The Morgan fingerprint density at radius 1 is 0.603 bits per heavy atom. The number of aliphatic hydroxyl groups is 5. The van der Waals surface area contributed by atoms with Gasteiger partial charge in [-0.15, -0.1) is 0 Å². The van der Waals surface area contributed by atoms with Gasteiger partial charge < -0.3 is 40.3 Å². The second-order valence-corrected chi connectivity index (χ2v) is 16.2.